The molecule has 3 N–H and O–H groups in total. The molecule has 0 aliphatic carbocycles. The number of amides is 3. The second-order valence-electron chi connectivity index (χ2n) is 7.75. The number of rotatable bonds is 4. The molecule has 0 spiro atoms. The maximum atomic E-state index is 12.9. The molecular weight excluding hydrogens is 439 g/mol. The molecule has 0 radical (unpaired) electrons. The van der Waals surface area contributed by atoms with Gasteiger partial charge in [-0.2, -0.15) is 0 Å². The van der Waals surface area contributed by atoms with Gasteiger partial charge in [-0.1, -0.05) is 35.3 Å². The molecule has 1 atom stereocenters. The number of carbonyl (C=O) groups is 2. The Balaban J connectivity index is 1.37. The van der Waals surface area contributed by atoms with Crippen LogP contribution in [0.2, 0.25) is 10.0 Å². The summed E-state index contributed by atoms with van der Waals surface area (Å²) >= 11 is 12.2. The minimum atomic E-state index is -0.700. The molecule has 2 aliphatic heterocycles. The molecule has 0 unspecified atom stereocenters. The zero-order valence-corrected chi connectivity index (χ0v) is 18.5. The van der Waals surface area contributed by atoms with Gasteiger partial charge in [0.25, 0.3) is 0 Å². The van der Waals surface area contributed by atoms with Crippen molar-refractivity contribution in [3.63, 3.8) is 0 Å². The van der Waals surface area contributed by atoms with Crippen molar-refractivity contribution in [3.05, 3.63) is 63.1 Å². The van der Waals surface area contributed by atoms with Crippen LogP contribution in [0.5, 0.6) is 0 Å². The SMILES string of the molecule is N[C@H](Cc1ccc(Cl)cc1Cl)C(=O)N1Cc2ccc(NC(=O)N3CCOCC3)cc2C1. The minimum Gasteiger partial charge on any atom is -0.378 e. The lowest BCUT2D eigenvalue weighted by molar-refractivity contribution is -0.133. The standard InChI is InChI=1S/C22H24Cl2N4O3/c23-17-3-1-14(19(24)11-17)10-20(25)21(29)28-12-15-2-4-18(9-16(15)13-28)26-22(30)27-5-7-31-8-6-27/h1-4,9,11,20H,5-8,10,12-13,25H2,(H,26,30)/t20-/m1/s1. The maximum Gasteiger partial charge on any atom is 0.321 e. The number of morpholine rings is 1. The lowest BCUT2D eigenvalue weighted by Crippen LogP contribution is -2.43. The fraction of sp³-hybridized carbons (Fsp3) is 0.364. The van der Waals surface area contributed by atoms with Crippen molar-refractivity contribution in [1.82, 2.24) is 9.80 Å². The quantitative estimate of drug-likeness (QED) is 0.729. The first-order chi connectivity index (χ1) is 14.9. The summed E-state index contributed by atoms with van der Waals surface area (Å²) in [7, 11) is 0. The number of ether oxygens (including phenoxy) is 1. The third-order valence-corrected chi connectivity index (χ3v) is 6.15. The van der Waals surface area contributed by atoms with Gasteiger partial charge in [0.1, 0.15) is 0 Å². The molecule has 4 rings (SSSR count). The van der Waals surface area contributed by atoms with Gasteiger partial charge in [0.15, 0.2) is 0 Å². The molecular formula is C22H24Cl2N4O3. The van der Waals surface area contributed by atoms with Crippen molar-refractivity contribution >= 4 is 40.8 Å². The average molecular weight is 463 g/mol. The van der Waals surface area contributed by atoms with E-state index in [-0.39, 0.29) is 11.9 Å². The smallest absolute Gasteiger partial charge is 0.321 e. The Hall–Kier alpha value is -2.32. The van der Waals surface area contributed by atoms with Crippen molar-refractivity contribution in [1.29, 1.82) is 0 Å². The third kappa shape index (κ3) is 5.13. The van der Waals surface area contributed by atoms with Crippen LogP contribution >= 0.6 is 23.2 Å². The Labute approximate surface area is 191 Å². The molecule has 164 valence electrons. The van der Waals surface area contributed by atoms with Crippen LogP contribution in [-0.4, -0.2) is 54.1 Å². The fourth-order valence-electron chi connectivity index (χ4n) is 3.84. The number of benzene rings is 2. The molecule has 0 saturated carbocycles. The van der Waals surface area contributed by atoms with E-state index in [0.29, 0.717) is 61.5 Å². The highest BCUT2D eigenvalue weighted by atomic mass is 35.5. The van der Waals surface area contributed by atoms with Crippen LogP contribution in [0.3, 0.4) is 0 Å². The highest BCUT2D eigenvalue weighted by Crippen LogP contribution is 2.27. The number of halogens is 2. The molecule has 7 nitrogen and oxygen atoms in total. The molecule has 2 aromatic carbocycles. The summed E-state index contributed by atoms with van der Waals surface area (Å²) in [5, 5.41) is 3.97. The van der Waals surface area contributed by atoms with Gasteiger partial charge in [0.2, 0.25) is 5.91 Å². The predicted octanol–water partition coefficient (Wildman–Crippen LogP) is 3.27. The van der Waals surface area contributed by atoms with Crippen molar-refractivity contribution in [3.8, 4) is 0 Å². The molecule has 3 amide bonds. The topological polar surface area (TPSA) is 87.9 Å². The fourth-order valence-corrected chi connectivity index (χ4v) is 4.33. The molecule has 0 aromatic heterocycles. The normalized spacial score (nSPS) is 16.7. The average Bonchev–Trinajstić information content (AvgIpc) is 3.19. The number of nitrogens with one attached hydrogen (secondary N) is 1. The van der Waals surface area contributed by atoms with Gasteiger partial charge >= 0.3 is 6.03 Å². The minimum absolute atomic E-state index is 0.138. The molecule has 1 saturated heterocycles. The first kappa shape index (κ1) is 21.9. The summed E-state index contributed by atoms with van der Waals surface area (Å²) in [6.07, 6.45) is 0.336. The highest BCUT2D eigenvalue weighted by Gasteiger charge is 2.28. The Morgan fingerprint density at radius 3 is 2.52 bits per heavy atom. The Morgan fingerprint density at radius 2 is 1.77 bits per heavy atom. The van der Waals surface area contributed by atoms with E-state index >= 15 is 0 Å². The molecule has 2 aromatic rings. The maximum absolute atomic E-state index is 12.9. The van der Waals surface area contributed by atoms with Gasteiger partial charge in [0.05, 0.1) is 19.3 Å². The molecule has 2 aliphatic rings. The number of nitrogens with two attached hydrogens (primary N) is 1. The van der Waals surface area contributed by atoms with E-state index in [4.69, 9.17) is 33.7 Å². The van der Waals surface area contributed by atoms with Crippen LogP contribution in [-0.2, 0) is 29.0 Å². The van der Waals surface area contributed by atoms with Gasteiger partial charge in [-0.15, -0.1) is 0 Å². The number of nitrogens with zero attached hydrogens (tertiary/aromatic N) is 2. The van der Waals surface area contributed by atoms with Crippen molar-refractivity contribution in [2.45, 2.75) is 25.6 Å². The van der Waals surface area contributed by atoms with E-state index in [1.165, 1.54) is 0 Å². The summed E-state index contributed by atoms with van der Waals surface area (Å²) in [5.74, 6) is -0.138. The van der Waals surface area contributed by atoms with E-state index in [0.717, 1.165) is 16.7 Å². The second kappa shape index (κ2) is 9.44. The zero-order valence-electron chi connectivity index (χ0n) is 16.9. The summed E-state index contributed by atoms with van der Waals surface area (Å²) in [6.45, 7) is 3.21. The largest absolute Gasteiger partial charge is 0.378 e. The van der Waals surface area contributed by atoms with Crippen molar-refractivity contribution < 1.29 is 14.3 Å². The Kier molecular flexibility index (Phi) is 6.67. The molecule has 0 bridgehead atoms. The number of hydrogen-bond acceptors (Lipinski definition) is 4. The van der Waals surface area contributed by atoms with Gasteiger partial charge in [0, 0.05) is 41.9 Å². The number of fused-ring (bicyclic) bond motifs is 1. The van der Waals surface area contributed by atoms with Gasteiger partial charge in [-0.05, 0) is 47.4 Å². The summed E-state index contributed by atoms with van der Waals surface area (Å²) < 4.78 is 5.28. The first-order valence-corrected chi connectivity index (χ1v) is 10.9. The Bertz CT molecular complexity index is 995. The van der Waals surface area contributed by atoms with Gasteiger partial charge in [-0.25, -0.2) is 4.79 Å². The van der Waals surface area contributed by atoms with Crippen molar-refractivity contribution in [2.75, 3.05) is 31.6 Å². The Morgan fingerprint density at radius 1 is 1.03 bits per heavy atom. The van der Waals surface area contributed by atoms with Crippen LogP contribution < -0.4 is 11.1 Å². The van der Waals surface area contributed by atoms with Crippen LogP contribution in [0.4, 0.5) is 10.5 Å². The number of hydrogen-bond donors (Lipinski definition) is 2. The molecule has 2 heterocycles. The lowest BCUT2D eigenvalue weighted by atomic mass is 10.1. The van der Waals surface area contributed by atoms with Crippen LogP contribution in [0.15, 0.2) is 36.4 Å². The number of carbonyl (C=O) groups excluding carboxylic acids is 2. The van der Waals surface area contributed by atoms with E-state index in [2.05, 4.69) is 5.32 Å². The van der Waals surface area contributed by atoms with E-state index in [9.17, 15) is 9.59 Å². The van der Waals surface area contributed by atoms with Crippen molar-refractivity contribution in [2.24, 2.45) is 5.73 Å². The first-order valence-electron chi connectivity index (χ1n) is 10.1. The van der Waals surface area contributed by atoms with Gasteiger partial charge in [-0.3, -0.25) is 4.79 Å². The summed E-state index contributed by atoms with van der Waals surface area (Å²) in [5.41, 5.74) is 9.75. The van der Waals surface area contributed by atoms with E-state index in [1.54, 1.807) is 28.0 Å². The number of urea groups is 1. The van der Waals surface area contributed by atoms with Gasteiger partial charge < -0.3 is 25.6 Å². The van der Waals surface area contributed by atoms with Crippen LogP contribution in [0, 0.1) is 0 Å². The predicted molar refractivity (Wildman–Crippen MR) is 120 cm³/mol. The molecule has 31 heavy (non-hydrogen) atoms. The van der Waals surface area contributed by atoms with E-state index in [1.807, 2.05) is 18.2 Å². The number of anilines is 1. The summed E-state index contributed by atoms with van der Waals surface area (Å²) in [4.78, 5) is 28.8. The monoisotopic (exact) mass is 462 g/mol. The third-order valence-electron chi connectivity index (χ3n) is 5.56. The van der Waals surface area contributed by atoms with Crippen LogP contribution in [0.25, 0.3) is 0 Å². The van der Waals surface area contributed by atoms with Crippen LogP contribution in [0.1, 0.15) is 16.7 Å². The summed E-state index contributed by atoms with van der Waals surface area (Å²) in [6, 6.07) is 10.1. The second-order valence-corrected chi connectivity index (χ2v) is 8.60. The molecule has 1 fully saturated rings. The lowest BCUT2D eigenvalue weighted by Gasteiger charge is -2.27. The highest BCUT2D eigenvalue weighted by molar-refractivity contribution is 6.35. The zero-order chi connectivity index (χ0) is 22.0. The van der Waals surface area contributed by atoms with E-state index < -0.39 is 6.04 Å². The molecule has 9 heteroatoms.